The Labute approximate surface area is 153 Å². The number of nitrogens with zero attached hydrogens (tertiary/aromatic N) is 2. The molecule has 2 aromatic carbocycles. The van der Waals surface area contributed by atoms with E-state index in [1.54, 1.807) is 7.11 Å². The average Bonchev–Trinajstić information content (AvgIpc) is 2.95. The molecule has 1 aliphatic rings. The zero-order valence-corrected chi connectivity index (χ0v) is 15.2. The largest absolute Gasteiger partial charge is 0.493 e. The van der Waals surface area contributed by atoms with Gasteiger partial charge in [0, 0.05) is 0 Å². The van der Waals surface area contributed by atoms with E-state index in [9.17, 15) is 4.79 Å². The lowest BCUT2D eigenvalue weighted by atomic mass is 10.1. The Balaban J connectivity index is 1.88. The van der Waals surface area contributed by atoms with Crippen molar-refractivity contribution < 1.29 is 14.3 Å². The third-order valence-electron chi connectivity index (χ3n) is 4.02. The maximum atomic E-state index is 12.8. The van der Waals surface area contributed by atoms with Crippen LogP contribution in [0.5, 0.6) is 11.5 Å². The molecule has 0 aliphatic carbocycles. The van der Waals surface area contributed by atoms with Crippen LogP contribution < -0.4 is 14.5 Å². The summed E-state index contributed by atoms with van der Waals surface area (Å²) >= 11 is 0. The van der Waals surface area contributed by atoms with Crippen LogP contribution in [0.3, 0.4) is 0 Å². The standard InChI is InChI=1S/C21H22N2O3/c1-4-12-26-19-11-10-16(14-20(19)25-3)13-18-15(2)22-23(21(18)24)17-8-6-5-7-9-17/h5-11,13-14H,4,12H2,1-3H3/b18-13+. The fourth-order valence-electron chi connectivity index (χ4n) is 2.70. The molecule has 5 nitrogen and oxygen atoms in total. The van der Waals surface area contributed by atoms with Gasteiger partial charge in [-0.1, -0.05) is 31.2 Å². The van der Waals surface area contributed by atoms with Gasteiger partial charge in [-0.2, -0.15) is 10.1 Å². The fourth-order valence-corrected chi connectivity index (χ4v) is 2.70. The summed E-state index contributed by atoms with van der Waals surface area (Å²) in [5, 5.41) is 5.82. The summed E-state index contributed by atoms with van der Waals surface area (Å²) in [6.45, 7) is 4.52. The van der Waals surface area contributed by atoms with Gasteiger partial charge in [-0.15, -0.1) is 0 Å². The first-order valence-electron chi connectivity index (χ1n) is 8.61. The van der Waals surface area contributed by atoms with Crippen molar-refractivity contribution in [1.82, 2.24) is 0 Å². The van der Waals surface area contributed by atoms with Gasteiger partial charge in [0.25, 0.3) is 5.91 Å². The Morgan fingerprint density at radius 2 is 1.88 bits per heavy atom. The van der Waals surface area contributed by atoms with E-state index in [0.29, 0.717) is 29.4 Å². The second-order valence-corrected chi connectivity index (χ2v) is 5.95. The summed E-state index contributed by atoms with van der Waals surface area (Å²) in [5.74, 6) is 1.21. The summed E-state index contributed by atoms with van der Waals surface area (Å²) in [7, 11) is 1.61. The highest BCUT2D eigenvalue weighted by atomic mass is 16.5. The summed E-state index contributed by atoms with van der Waals surface area (Å²) in [6, 6.07) is 15.0. The van der Waals surface area contributed by atoms with Gasteiger partial charge in [-0.05, 0) is 49.2 Å². The highest BCUT2D eigenvalue weighted by Crippen LogP contribution is 2.30. The SMILES string of the molecule is CCCOc1ccc(/C=C2/C(=O)N(c3ccccc3)N=C2C)cc1OC. The molecule has 1 aliphatic heterocycles. The van der Waals surface area contributed by atoms with Gasteiger partial charge < -0.3 is 9.47 Å². The van der Waals surface area contributed by atoms with Crippen molar-refractivity contribution in [2.24, 2.45) is 5.10 Å². The van der Waals surface area contributed by atoms with Crippen LogP contribution in [0.15, 0.2) is 59.2 Å². The summed E-state index contributed by atoms with van der Waals surface area (Å²) in [4.78, 5) is 12.8. The van der Waals surface area contributed by atoms with Crippen molar-refractivity contribution >= 4 is 23.4 Å². The molecule has 3 rings (SSSR count). The highest BCUT2D eigenvalue weighted by Gasteiger charge is 2.28. The molecular weight excluding hydrogens is 328 g/mol. The molecule has 5 heteroatoms. The molecule has 0 radical (unpaired) electrons. The maximum absolute atomic E-state index is 12.8. The number of amides is 1. The van der Waals surface area contributed by atoms with Crippen LogP contribution in [0.2, 0.25) is 0 Å². The minimum Gasteiger partial charge on any atom is -0.493 e. The first-order chi connectivity index (χ1) is 12.6. The second-order valence-electron chi connectivity index (χ2n) is 5.95. The number of ether oxygens (including phenoxy) is 2. The van der Waals surface area contributed by atoms with Gasteiger partial charge in [0.1, 0.15) is 0 Å². The minimum absolute atomic E-state index is 0.140. The number of anilines is 1. The highest BCUT2D eigenvalue weighted by molar-refractivity contribution is 6.32. The molecule has 0 saturated heterocycles. The Morgan fingerprint density at radius 1 is 1.12 bits per heavy atom. The predicted octanol–water partition coefficient (Wildman–Crippen LogP) is 4.29. The molecule has 26 heavy (non-hydrogen) atoms. The third kappa shape index (κ3) is 3.61. The quantitative estimate of drug-likeness (QED) is 0.730. The van der Waals surface area contributed by atoms with E-state index in [1.165, 1.54) is 5.01 Å². The fraction of sp³-hybridized carbons (Fsp3) is 0.238. The Bertz CT molecular complexity index is 857. The summed E-state index contributed by atoms with van der Waals surface area (Å²) in [6.07, 6.45) is 2.75. The van der Waals surface area contributed by atoms with E-state index in [1.807, 2.05) is 61.5 Å². The van der Waals surface area contributed by atoms with Crippen LogP contribution in [0.25, 0.3) is 6.08 Å². The Morgan fingerprint density at radius 3 is 2.58 bits per heavy atom. The van der Waals surface area contributed by atoms with Gasteiger partial charge in [-0.3, -0.25) is 4.79 Å². The summed E-state index contributed by atoms with van der Waals surface area (Å²) in [5.41, 5.74) is 2.86. The molecule has 1 heterocycles. The number of hydrogen-bond donors (Lipinski definition) is 0. The lowest BCUT2D eigenvalue weighted by molar-refractivity contribution is -0.114. The van der Waals surface area contributed by atoms with Crippen LogP contribution >= 0.6 is 0 Å². The van der Waals surface area contributed by atoms with Crippen LogP contribution in [0.4, 0.5) is 5.69 Å². The second kappa shape index (κ2) is 7.87. The van der Waals surface area contributed by atoms with Crippen molar-refractivity contribution in [3.63, 3.8) is 0 Å². The van der Waals surface area contributed by atoms with E-state index in [0.717, 1.165) is 17.7 Å². The average molecular weight is 350 g/mol. The number of hydrogen-bond acceptors (Lipinski definition) is 4. The number of rotatable bonds is 6. The number of benzene rings is 2. The normalized spacial score (nSPS) is 15.3. The van der Waals surface area contributed by atoms with Crippen molar-refractivity contribution in [3.8, 4) is 11.5 Å². The van der Waals surface area contributed by atoms with Crippen LogP contribution in [0, 0.1) is 0 Å². The van der Waals surface area contributed by atoms with Gasteiger partial charge in [0.15, 0.2) is 11.5 Å². The van der Waals surface area contributed by atoms with E-state index < -0.39 is 0 Å². The van der Waals surface area contributed by atoms with Crippen molar-refractivity contribution in [2.75, 3.05) is 18.7 Å². The molecule has 2 aromatic rings. The summed E-state index contributed by atoms with van der Waals surface area (Å²) < 4.78 is 11.1. The van der Waals surface area contributed by atoms with Crippen LogP contribution in [-0.4, -0.2) is 25.3 Å². The van der Waals surface area contributed by atoms with E-state index in [4.69, 9.17) is 9.47 Å². The molecule has 0 spiro atoms. The lowest BCUT2D eigenvalue weighted by Crippen LogP contribution is -2.21. The van der Waals surface area contributed by atoms with Gasteiger partial charge >= 0.3 is 0 Å². The zero-order valence-electron chi connectivity index (χ0n) is 15.2. The van der Waals surface area contributed by atoms with Gasteiger partial charge in [-0.25, -0.2) is 0 Å². The van der Waals surface area contributed by atoms with E-state index in [-0.39, 0.29) is 5.91 Å². The monoisotopic (exact) mass is 350 g/mol. The molecule has 0 N–H and O–H groups in total. The molecule has 0 aromatic heterocycles. The number of methoxy groups -OCH3 is 1. The smallest absolute Gasteiger partial charge is 0.280 e. The number of hydrazone groups is 1. The topological polar surface area (TPSA) is 51.1 Å². The van der Waals surface area contributed by atoms with Crippen LogP contribution in [0.1, 0.15) is 25.8 Å². The molecule has 134 valence electrons. The molecular formula is C21H22N2O3. The Kier molecular flexibility index (Phi) is 5.37. The number of carbonyl (C=O) groups is 1. The lowest BCUT2D eigenvalue weighted by Gasteiger charge is -2.12. The number of carbonyl (C=O) groups excluding carboxylic acids is 1. The maximum Gasteiger partial charge on any atom is 0.280 e. The predicted molar refractivity (Wildman–Crippen MR) is 104 cm³/mol. The van der Waals surface area contributed by atoms with Crippen molar-refractivity contribution in [3.05, 3.63) is 59.7 Å². The zero-order chi connectivity index (χ0) is 18.5. The molecule has 0 fully saturated rings. The number of para-hydroxylation sites is 1. The minimum atomic E-state index is -0.140. The van der Waals surface area contributed by atoms with Crippen molar-refractivity contribution in [2.45, 2.75) is 20.3 Å². The Hall–Kier alpha value is -3.08. The third-order valence-corrected chi connectivity index (χ3v) is 4.02. The molecule has 0 bridgehead atoms. The first-order valence-corrected chi connectivity index (χ1v) is 8.61. The van der Waals surface area contributed by atoms with E-state index >= 15 is 0 Å². The first kappa shape index (κ1) is 17.7. The van der Waals surface area contributed by atoms with Crippen molar-refractivity contribution in [1.29, 1.82) is 0 Å². The van der Waals surface area contributed by atoms with Gasteiger partial charge in [0.2, 0.25) is 0 Å². The molecule has 1 amide bonds. The van der Waals surface area contributed by atoms with E-state index in [2.05, 4.69) is 12.0 Å². The molecule has 0 saturated carbocycles. The van der Waals surface area contributed by atoms with Gasteiger partial charge in [0.05, 0.1) is 30.7 Å². The van der Waals surface area contributed by atoms with Crippen LogP contribution in [-0.2, 0) is 4.79 Å². The molecule has 0 unspecified atom stereocenters. The molecule has 0 atom stereocenters.